The molecule has 1 aromatic carbocycles. The van der Waals surface area contributed by atoms with Gasteiger partial charge in [-0.1, -0.05) is 30.3 Å². The largest absolute Gasteiger partial charge is 0.467 e. The Balaban J connectivity index is 2.24. The van der Waals surface area contributed by atoms with Crippen LogP contribution in [0.15, 0.2) is 30.3 Å². The van der Waals surface area contributed by atoms with E-state index < -0.39 is 18.1 Å². The summed E-state index contributed by atoms with van der Waals surface area (Å²) in [5, 5.41) is 14.2. The average Bonchev–Trinajstić information content (AvgIpc) is 2.42. The van der Waals surface area contributed by atoms with Gasteiger partial charge in [0.05, 0.1) is 13.7 Å². The highest BCUT2D eigenvalue weighted by atomic mass is 16.5. The van der Waals surface area contributed by atoms with Crippen molar-refractivity contribution in [3.8, 4) is 0 Å². The zero-order chi connectivity index (χ0) is 13.4. The van der Waals surface area contributed by atoms with Crippen molar-refractivity contribution in [2.75, 3.05) is 13.7 Å². The topological polar surface area (TPSA) is 87.7 Å². The second-order valence-electron chi connectivity index (χ2n) is 3.59. The van der Waals surface area contributed by atoms with Crippen molar-refractivity contribution >= 4 is 12.0 Å². The van der Waals surface area contributed by atoms with E-state index in [1.54, 1.807) is 0 Å². The molecule has 0 aliphatic carbocycles. The van der Waals surface area contributed by atoms with Crippen molar-refractivity contribution in [2.24, 2.45) is 0 Å². The number of ether oxygens (including phenoxy) is 1. The first kappa shape index (κ1) is 14.0. The van der Waals surface area contributed by atoms with Gasteiger partial charge in [-0.25, -0.2) is 9.59 Å². The molecular formula is C12H16N2O4. The molecular weight excluding hydrogens is 236 g/mol. The molecule has 1 aromatic rings. The maximum Gasteiger partial charge on any atom is 0.336 e. The zero-order valence-corrected chi connectivity index (χ0v) is 10.1. The Kier molecular flexibility index (Phi) is 5.66. The Bertz CT molecular complexity index is 394. The molecule has 1 unspecified atom stereocenters. The number of carbonyl (C=O) groups excluding carboxylic acids is 2. The first-order chi connectivity index (χ1) is 8.63. The van der Waals surface area contributed by atoms with E-state index >= 15 is 0 Å². The number of urea groups is 1. The SMILES string of the molecule is COC(=O)C(O)CNC(=O)NCc1ccccc1. The molecule has 0 saturated heterocycles. The van der Waals surface area contributed by atoms with E-state index in [4.69, 9.17) is 0 Å². The number of aliphatic hydroxyl groups excluding tert-OH is 1. The third-order valence-corrected chi connectivity index (χ3v) is 2.23. The lowest BCUT2D eigenvalue weighted by Crippen LogP contribution is -2.42. The number of methoxy groups -OCH3 is 1. The normalized spacial score (nSPS) is 11.4. The summed E-state index contributed by atoms with van der Waals surface area (Å²) in [5.41, 5.74) is 0.959. The van der Waals surface area contributed by atoms with Gasteiger partial charge in [0.25, 0.3) is 0 Å². The number of nitrogens with one attached hydrogen (secondary N) is 2. The third kappa shape index (κ3) is 4.84. The summed E-state index contributed by atoms with van der Waals surface area (Å²) in [6, 6.07) is 8.93. The molecule has 0 saturated carbocycles. The molecule has 6 heteroatoms. The minimum absolute atomic E-state index is 0.187. The molecule has 0 bridgehead atoms. The zero-order valence-electron chi connectivity index (χ0n) is 10.1. The predicted molar refractivity (Wildman–Crippen MR) is 64.7 cm³/mol. The van der Waals surface area contributed by atoms with Gasteiger partial charge in [-0.2, -0.15) is 0 Å². The number of benzene rings is 1. The minimum Gasteiger partial charge on any atom is -0.467 e. The van der Waals surface area contributed by atoms with Gasteiger partial charge in [-0.15, -0.1) is 0 Å². The smallest absolute Gasteiger partial charge is 0.336 e. The fraction of sp³-hybridized carbons (Fsp3) is 0.333. The first-order valence-electron chi connectivity index (χ1n) is 5.45. The van der Waals surface area contributed by atoms with Crippen LogP contribution in [0, 0.1) is 0 Å². The summed E-state index contributed by atoms with van der Waals surface area (Å²) >= 11 is 0. The van der Waals surface area contributed by atoms with Gasteiger partial charge in [-0.05, 0) is 5.56 Å². The van der Waals surface area contributed by atoms with Gasteiger partial charge in [0, 0.05) is 6.54 Å². The predicted octanol–water partition coefficient (Wildman–Crippen LogP) is 0.0197. The van der Waals surface area contributed by atoms with Crippen molar-refractivity contribution < 1.29 is 19.4 Å². The average molecular weight is 252 g/mol. The Morgan fingerprint density at radius 2 is 1.94 bits per heavy atom. The summed E-state index contributed by atoms with van der Waals surface area (Å²) in [5.74, 6) is -0.779. The van der Waals surface area contributed by atoms with Crippen molar-refractivity contribution in [1.29, 1.82) is 0 Å². The monoisotopic (exact) mass is 252 g/mol. The lowest BCUT2D eigenvalue weighted by atomic mass is 10.2. The molecule has 0 aliphatic rings. The summed E-state index contributed by atoms with van der Waals surface area (Å²) in [6.07, 6.45) is -1.35. The van der Waals surface area contributed by atoms with Crippen LogP contribution in [0.1, 0.15) is 5.56 Å². The lowest BCUT2D eigenvalue weighted by Gasteiger charge is -2.10. The van der Waals surface area contributed by atoms with E-state index in [2.05, 4.69) is 15.4 Å². The second kappa shape index (κ2) is 7.29. The minimum atomic E-state index is -1.35. The van der Waals surface area contributed by atoms with Crippen LogP contribution >= 0.6 is 0 Å². The number of esters is 1. The Labute approximate surface area is 105 Å². The van der Waals surface area contributed by atoms with Crippen molar-refractivity contribution in [1.82, 2.24) is 10.6 Å². The fourth-order valence-corrected chi connectivity index (χ4v) is 1.25. The number of hydrogen-bond acceptors (Lipinski definition) is 4. The van der Waals surface area contributed by atoms with E-state index in [0.29, 0.717) is 6.54 Å². The second-order valence-corrected chi connectivity index (χ2v) is 3.59. The highest BCUT2D eigenvalue weighted by Gasteiger charge is 2.15. The molecule has 0 aromatic heterocycles. The van der Waals surface area contributed by atoms with E-state index in [1.165, 1.54) is 7.11 Å². The summed E-state index contributed by atoms with van der Waals surface area (Å²) < 4.78 is 4.31. The number of aliphatic hydroxyl groups is 1. The van der Waals surface area contributed by atoms with Gasteiger partial charge in [0.2, 0.25) is 0 Å². The van der Waals surface area contributed by atoms with Gasteiger partial charge >= 0.3 is 12.0 Å². The van der Waals surface area contributed by atoms with Crippen LogP contribution in [0.4, 0.5) is 4.79 Å². The molecule has 18 heavy (non-hydrogen) atoms. The Morgan fingerprint density at radius 1 is 1.28 bits per heavy atom. The van der Waals surface area contributed by atoms with Crippen LogP contribution in [-0.4, -0.2) is 36.9 Å². The summed E-state index contributed by atoms with van der Waals surface area (Å²) in [6.45, 7) is 0.189. The third-order valence-electron chi connectivity index (χ3n) is 2.23. The molecule has 3 N–H and O–H groups in total. The van der Waals surface area contributed by atoms with Crippen molar-refractivity contribution in [2.45, 2.75) is 12.6 Å². The molecule has 0 spiro atoms. The van der Waals surface area contributed by atoms with Crippen molar-refractivity contribution in [3.05, 3.63) is 35.9 Å². The van der Waals surface area contributed by atoms with Crippen LogP contribution in [0.5, 0.6) is 0 Å². The van der Waals surface area contributed by atoms with E-state index in [-0.39, 0.29) is 6.54 Å². The maximum atomic E-state index is 11.3. The Morgan fingerprint density at radius 3 is 2.56 bits per heavy atom. The van der Waals surface area contributed by atoms with Crippen LogP contribution in [0.2, 0.25) is 0 Å². The van der Waals surface area contributed by atoms with Gasteiger partial charge in [-0.3, -0.25) is 0 Å². The molecule has 0 fully saturated rings. The number of rotatable bonds is 5. The van der Waals surface area contributed by atoms with Gasteiger partial charge in [0.1, 0.15) is 0 Å². The molecule has 0 radical (unpaired) electrons. The molecule has 2 amide bonds. The molecule has 0 aliphatic heterocycles. The molecule has 0 heterocycles. The van der Waals surface area contributed by atoms with E-state index in [0.717, 1.165) is 5.56 Å². The van der Waals surface area contributed by atoms with Gasteiger partial charge < -0.3 is 20.5 Å². The van der Waals surface area contributed by atoms with Gasteiger partial charge in [0.15, 0.2) is 6.10 Å². The van der Waals surface area contributed by atoms with Crippen LogP contribution in [0.3, 0.4) is 0 Å². The van der Waals surface area contributed by atoms with E-state index in [9.17, 15) is 14.7 Å². The molecule has 1 atom stereocenters. The highest BCUT2D eigenvalue weighted by molar-refractivity contribution is 5.77. The highest BCUT2D eigenvalue weighted by Crippen LogP contribution is 1.96. The van der Waals surface area contributed by atoms with Crippen LogP contribution in [-0.2, 0) is 16.1 Å². The number of carbonyl (C=O) groups is 2. The maximum absolute atomic E-state index is 11.3. The Hall–Kier alpha value is -2.08. The van der Waals surface area contributed by atoms with E-state index in [1.807, 2.05) is 30.3 Å². The molecule has 1 rings (SSSR count). The van der Waals surface area contributed by atoms with Crippen LogP contribution in [0.25, 0.3) is 0 Å². The lowest BCUT2D eigenvalue weighted by molar-refractivity contribution is -0.149. The molecule has 6 nitrogen and oxygen atoms in total. The number of amides is 2. The van der Waals surface area contributed by atoms with Crippen LogP contribution < -0.4 is 10.6 Å². The summed E-state index contributed by atoms with van der Waals surface area (Å²) in [7, 11) is 1.17. The fourth-order valence-electron chi connectivity index (χ4n) is 1.25. The quantitative estimate of drug-likeness (QED) is 0.645. The first-order valence-corrected chi connectivity index (χ1v) is 5.45. The summed E-state index contributed by atoms with van der Waals surface area (Å²) in [4.78, 5) is 22.2. The standard InChI is InChI=1S/C12H16N2O4/c1-18-11(16)10(15)8-14-12(17)13-7-9-5-3-2-4-6-9/h2-6,10,15H,7-8H2,1H3,(H2,13,14,17). The van der Waals surface area contributed by atoms with Crippen molar-refractivity contribution in [3.63, 3.8) is 0 Å². The number of hydrogen-bond donors (Lipinski definition) is 3. The molecule has 98 valence electrons.